The normalized spacial score (nSPS) is 12.0. The van der Waals surface area contributed by atoms with E-state index in [0.717, 1.165) is 11.1 Å². The van der Waals surface area contributed by atoms with Crippen molar-refractivity contribution in [3.05, 3.63) is 77.1 Å². The lowest BCUT2D eigenvalue weighted by Crippen LogP contribution is -2.31. The molecule has 0 aliphatic rings. The number of hydrogen-bond donors (Lipinski definition) is 2. The van der Waals surface area contributed by atoms with Gasteiger partial charge in [-0.2, -0.15) is 0 Å². The van der Waals surface area contributed by atoms with Gasteiger partial charge in [-0.3, -0.25) is 4.79 Å². The molecule has 0 spiro atoms. The van der Waals surface area contributed by atoms with Crippen molar-refractivity contribution >= 4 is 17.7 Å². The topological polar surface area (TPSA) is 85.8 Å². The van der Waals surface area contributed by atoms with Gasteiger partial charge in [0.15, 0.2) is 5.82 Å². The Bertz CT molecular complexity index is 944. The van der Waals surface area contributed by atoms with E-state index in [-0.39, 0.29) is 17.5 Å². The summed E-state index contributed by atoms with van der Waals surface area (Å²) in [5, 5.41) is 10.8. The first-order valence-corrected chi connectivity index (χ1v) is 9.43. The highest BCUT2D eigenvalue weighted by atomic mass is 32.2. The third-order valence-corrected chi connectivity index (χ3v) is 5.10. The van der Waals surface area contributed by atoms with Gasteiger partial charge in [0.2, 0.25) is 11.1 Å². The van der Waals surface area contributed by atoms with Crippen LogP contribution < -0.4 is 11.2 Å². The molecule has 0 unspecified atom stereocenters. The molecule has 1 aromatic heterocycles. The maximum absolute atomic E-state index is 13.0. The molecular weight excluding hydrogens is 384 g/mol. The molecule has 3 N–H and O–H groups in total. The fraction of sp³-hybridized carbons (Fsp3) is 0.211. The number of carbonyl (C=O) groups excluding carboxylic acids is 1. The van der Waals surface area contributed by atoms with Crippen molar-refractivity contribution in [1.82, 2.24) is 20.2 Å². The summed E-state index contributed by atoms with van der Waals surface area (Å²) in [5.41, 5.74) is 1.65. The first kappa shape index (κ1) is 19.8. The number of nitrogens with zero attached hydrogens (tertiary/aromatic N) is 3. The van der Waals surface area contributed by atoms with Crippen LogP contribution in [0.1, 0.15) is 23.9 Å². The highest BCUT2D eigenvalue weighted by Crippen LogP contribution is 2.21. The Morgan fingerprint density at radius 1 is 1.07 bits per heavy atom. The van der Waals surface area contributed by atoms with E-state index in [4.69, 9.17) is 5.84 Å². The summed E-state index contributed by atoms with van der Waals surface area (Å²) < 4.78 is 27.2. The molecule has 3 aromatic rings. The van der Waals surface area contributed by atoms with Gasteiger partial charge in [0, 0.05) is 13.0 Å². The summed E-state index contributed by atoms with van der Waals surface area (Å²) in [6, 6.07) is 12.0. The molecule has 6 nitrogen and oxygen atoms in total. The number of thioether (sulfide) groups is 1. The number of hydrogen-bond acceptors (Lipinski definition) is 5. The van der Waals surface area contributed by atoms with Gasteiger partial charge in [-0.1, -0.05) is 36.0 Å². The number of aromatic nitrogens is 3. The van der Waals surface area contributed by atoms with Crippen molar-refractivity contribution in [2.24, 2.45) is 0 Å². The summed E-state index contributed by atoms with van der Waals surface area (Å²) in [7, 11) is 0. The van der Waals surface area contributed by atoms with Crippen molar-refractivity contribution in [2.45, 2.75) is 30.3 Å². The molecule has 0 saturated carbocycles. The second-order valence-corrected chi connectivity index (χ2v) is 7.48. The summed E-state index contributed by atoms with van der Waals surface area (Å²) in [4.78, 5) is 12.3. The van der Waals surface area contributed by atoms with E-state index in [9.17, 15) is 13.6 Å². The Morgan fingerprint density at radius 3 is 2.25 bits per heavy atom. The third kappa shape index (κ3) is 5.07. The molecule has 1 amide bonds. The first-order chi connectivity index (χ1) is 13.4. The van der Waals surface area contributed by atoms with Crippen molar-refractivity contribution in [3.63, 3.8) is 0 Å². The predicted molar refractivity (Wildman–Crippen MR) is 103 cm³/mol. The number of nitrogens with two attached hydrogens (primary N) is 1. The fourth-order valence-corrected chi connectivity index (χ4v) is 3.25. The molecule has 0 aliphatic carbocycles. The van der Waals surface area contributed by atoms with Crippen molar-refractivity contribution < 1.29 is 13.6 Å². The van der Waals surface area contributed by atoms with Crippen LogP contribution in [-0.2, 0) is 17.8 Å². The third-order valence-electron chi connectivity index (χ3n) is 4.04. The summed E-state index contributed by atoms with van der Waals surface area (Å²) >= 11 is 1.18. The van der Waals surface area contributed by atoms with E-state index in [1.54, 1.807) is 31.2 Å². The van der Waals surface area contributed by atoms with Crippen molar-refractivity contribution in [2.75, 3.05) is 5.84 Å². The van der Waals surface area contributed by atoms with Crippen LogP contribution in [0.5, 0.6) is 0 Å². The minimum atomic E-state index is -0.453. The Hall–Kier alpha value is -2.94. The lowest BCUT2D eigenvalue weighted by molar-refractivity contribution is -0.120. The summed E-state index contributed by atoms with van der Waals surface area (Å²) in [6.07, 6.45) is 0.398. The van der Waals surface area contributed by atoms with Gasteiger partial charge in [-0.15, -0.1) is 10.2 Å². The molecule has 1 heterocycles. The Labute approximate surface area is 165 Å². The Balaban J connectivity index is 1.56. The maximum Gasteiger partial charge on any atom is 0.233 e. The molecule has 146 valence electrons. The molecule has 1 atom stereocenters. The predicted octanol–water partition coefficient (Wildman–Crippen LogP) is 2.66. The van der Waals surface area contributed by atoms with Crippen LogP contribution in [-0.4, -0.2) is 26.0 Å². The highest BCUT2D eigenvalue weighted by Gasteiger charge is 2.19. The minimum absolute atomic E-state index is 0.197. The smallest absolute Gasteiger partial charge is 0.233 e. The summed E-state index contributed by atoms with van der Waals surface area (Å²) in [5.74, 6) is 5.72. The van der Waals surface area contributed by atoms with Gasteiger partial charge >= 0.3 is 0 Å². The molecule has 0 bridgehead atoms. The second-order valence-electron chi connectivity index (χ2n) is 6.18. The summed E-state index contributed by atoms with van der Waals surface area (Å²) in [6.45, 7) is 2.04. The first-order valence-electron chi connectivity index (χ1n) is 8.55. The molecule has 0 radical (unpaired) electrons. The molecular formula is C19H19F2N5OS. The monoisotopic (exact) mass is 403 g/mol. The van der Waals surface area contributed by atoms with E-state index in [1.165, 1.54) is 40.7 Å². The average Bonchev–Trinajstić information content (AvgIpc) is 3.02. The lowest BCUT2D eigenvalue weighted by atomic mass is 10.1. The van der Waals surface area contributed by atoms with Crippen LogP contribution in [0.4, 0.5) is 8.78 Å². The van der Waals surface area contributed by atoms with Gasteiger partial charge in [0.05, 0.1) is 5.25 Å². The molecule has 3 rings (SSSR count). The SMILES string of the molecule is C[C@@H](Sc1nnc(Cc2ccc(F)cc2)n1N)C(=O)NCc1ccc(F)cc1. The molecule has 0 aliphatic heterocycles. The number of amides is 1. The van der Waals surface area contributed by atoms with Gasteiger partial charge < -0.3 is 11.2 Å². The average molecular weight is 403 g/mol. The van der Waals surface area contributed by atoms with Gasteiger partial charge in [-0.05, 0) is 42.3 Å². The molecule has 9 heteroatoms. The highest BCUT2D eigenvalue weighted by molar-refractivity contribution is 8.00. The van der Waals surface area contributed by atoms with Crippen LogP contribution in [0.2, 0.25) is 0 Å². The minimum Gasteiger partial charge on any atom is -0.351 e. The second kappa shape index (κ2) is 8.83. The zero-order valence-corrected chi connectivity index (χ0v) is 15.9. The largest absolute Gasteiger partial charge is 0.351 e. The molecule has 28 heavy (non-hydrogen) atoms. The van der Waals surface area contributed by atoms with Crippen LogP contribution in [0, 0.1) is 11.6 Å². The van der Waals surface area contributed by atoms with Crippen molar-refractivity contribution in [3.8, 4) is 0 Å². The fourth-order valence-electron chi connectivity index (χ4n) is 2.44. The van der Waals surface area contributed by atoms with Crippen LogP contribution in [0.3, 0.4) is 0 Å². The quantitative estimate of drug-likeness (QED) is 0.468. The Kier molecular flexibility index (Phi) is 6.25. The van der Waals surface area contributed by atoms with Crippen LogP contribution >= 0.6 is 11.8 Å². The van der Waals surface area contributed by atoms with E-state index in [1.807, 2.05) is 0 Å². The number of rotatable bonds is 7. The van der Waals surface area contributed by atoms with Gasteiger partial charge in [-0.25, -0.2) is 13.5 Å². The van der Waals surface area contributed by atoms with Crippen molar-refractivity contribution in [1.29, 1.82) is 0 Å². The van der Waals surface area contributed by atoms with E-state index in [0.29, 0.717) is 23.9 Å². The number of benzene rings is 2. The number of halogens is 2. The standard InChI is InChI=1S/C19H19F2N5OS/c1-12(18(27)23-11-14-4-8-16(21)9-5-14)28-19-25-24-17(26(19)22)10-13-2-6-15(20)7-3-13/h2-9,12H,10-11,22H2,1H3,(H,23,27)/t12-/m1/s1. The molecule has 2 aromatic carbocycles. The zero-order chi connectivity index (χ0) is 20.1. The number of nitrogens with one attached hydrogen (secondary N) is 1. The number of carbonyl (C=O) groups is 1. The van der Waals surface area contributed by atoms with E-state index >= 15 is 0 Å². The Morgan fingerprint density at radius 2 is 1.64 bits per heavy atom. The van der Waals surface area contributed by atoms with E-state index < -0.39 is 5.25 Å². The maximum atomic E-state index is 13.0. The van der Waals surface area contributed by atoms with E-state index in [2.05, 4.69) is 15.5 Å². The molecule has 0 saturated heterocycles. The lowest BCUT2D eigenvalue weighted by Gasteiger charge is -2.11. The van der Waals surface area contributed by atoms with Crippen LogP contribution in [0.15, 0.2) is 53.7 Å². The number of nitrogen functional groups attached to an aromatic ring is 1. The van der Waals surface area contributed by atoms with Gasteiger partial charge in [0.25, 0.3) is 0 Å². The van der Waals surface area contributed by atoms with Crippen LogP contribution in [0.25, 0.3) is 0 Å². The van der Waals surface area contributed by atoms with Gasteiger partial charge in [0.1, 0.15) is 11.6 Å². The zero-order valence-electron chi connectivity index (χ0n) is 15.1. The molecule has 0 fully saturated rings.